The van der Waals surface area contributed by atoms with Gasteiger partial charge in [-0.15, -0.1) is 0 Å². The zero-order valence-electron chi connectivity index (χ0n) is 18.8. The fourth-order valence-corrected chi connectivity index (χ4v) is 4.41. The molecule has 1 N–H and O–H groups in total. The minimum atomic E-state index is -3.62. The maximum atomic E-state index is 13.0. The van der Waals surface area contributed by atoms with Crippen molar-refractivity contribution in [3.63, 3.8) is 0 Å². The predicted molar refractivity (Wildman–Crippen MR) is 127 cm³/mol. The largest absolute Gasteiger partial charge is 0.383 e. The number of methoxy groups -OCH3 is 1. The van der Waals surface area contributed by atoms with Gasteiger partial charge in [0.15, 0.2) is 5.65 Å². The van der Waals surface area contributed by atoms with Crippen molar-refractivity contribution in [2.45, 2.75) is 11.4 Å². The Labute approximate surface area is 196 Å². The van der Waals surface area contributed by atoms with Gasteiger partial charge in [0.05, 0.1) is 22.5 Å². The summed E-state index contributed by atoms with van der Waals surface area (Å²) in [6.07, 6.45) is 0. The first-order chi connectivity index (χ1) is 16.3. The van der Waals surface area contributed by atoms with Gasteiger partial charge in [0.2, 0.25) is 10.0 Å². The molecule has 0 atom stereocenters. The minimum absolute atomic E-state index is 0.0704. The predicted octanol–water partition coefficient (Wildman–Crippen LogP) is 2.61. The van der Waals surface area contributed by atoms with Gasteiger partial charge in [0.25, 0.3) is 5.91 Å². The number of nitrogens with zero attached hydrogens (tertiary/aromatic N) is 5. The summed E-state index contributed by atoms with van der Waals surface area (Å²) >= 11 is 0. The number of rotatable bonds is 7. The number of carbonyl (C=O) groups is 1. The molecule has 0 spiro atoms. The van der Waals surface area contributed by atoms with Crippen molar-refractivity contribution in [3.05, 3.63) is 59.7 Å². The van der Waals surface area contributed by atoms with Gasteiger partial charge in [-0.1, -0.05) is 12.1 Å². The summed E-state index contributed by atoms with van der Waals surface area (Å²) in [5, 5.41) is 12.7. The maximum Gasteiger partial charge on any atom is 0.256 e. The van der Waals surface area contributed by atoms with E-state index < -0.39 is 15.9 Å². The number of nitrogens with one attached hydrogen (secondary N) is 1. The molecule has 0 aliphatic carbocycles. The summed E-state index contributed by atoms with van der Waals surface area (Å²) in [6.45, 7) is 0.653. The average Bonchev–Trinajstić information content (AvgIpc) is 3.11. The van der Waals surface area contributed by atoms with Crippen molar-refractivity contribution in [2.24, 2.45) is 0 Å². The monoisotopic (exact) mass is 478 g/mol. The second-order valence-electron chi connectivity index (χ2n) is 7.63. The smallest absolute Gasteiger partial charge is 0.256 e. The lowest BCUT2D eigenvalue weighted by Gasteiger charge is -2.13. The van der Waals surface area contributed by atoms with Crippen LogP contribution in [0, 0.1) is 11.3 Å². The first kappa shape index (κ1) is 23.3. The fourth-order valence-electron chi connectivity index (χ4n) is 3.50. The molecule has 0 fully saturated rings. The molecule has 10 nitrogen and oxygen atoms in total. The molecule has 0 bridgehead atoms. The van der Waals surface area contributed by atoms with Crippen LogP contribution in [0.1, 0.15) is 15.9 Å². The molecule has 11 heteroatoms. The summed E-state index contributed by atoms with van der Waals surface area (Å²) in [5.74, 6) is -0.254. The number of anilines is 1. The SMILES string of the molecule is COCCn1c(NC(=O)c2ccc(S(=O)(=O)N(C)C)cc2)c(C#N)c2nc3ccccc3nc21. The molecule has 0 aliphatic rings. The Bertz CT molecular complexity index is 1540. The number of fused-ring (bicyclic) bond motifs is 2. The van der Waals surface area contributed by atoms with Crippen molar-refractivity contribution < 1.29 is 17.9 Å². The second-order valence-corrected chi connectivity index (χ2v) is 9.78. The molecule has 0 radical (unpaired) electrons. The van der Waals surface area contributed by atoms with Gasteiger partial charge < -0.3 is 14.6 Å². The molecule has 1 amide bonds. The van der Waals surface area contributed by atoms with E-state index >= 15 is 0 Å². The van der Waals surface area contributed by atoms with E-state index in [0.717, 1.165) is 4.31 Å². The third-order valence-corrected chi connectivity index (χ3v) is 7.14. The number of carbonyl (C=O) groups excluding carboxylic acids is 1. The van der Waals surface area contributed by atoms with Crippen molar-refractivity contribution >= 4 is 43.9 Å². The molecule has 174 valence electrons. The molecule has 0 saturated heterocycles. The van der Waals surface area contributed by atoms with Gasteiger partial charge in [-0.3, -0.25) is 4.79 Å². The lowest BCUT2D eigenvalue weighted by atomic mass is 10.2. The van der Waals surface area contributed by atoms with Gasteiger partial charge >= 0.3 is 0 Å². The van der Waals surface area contributed by atoms with Crippen LogP contribution < -0.4 is 5.32 Å². The molecule has 4 rings (SSSR count). The van der Waals surface area contributed by atoms with Gasteiger partial charge in [0, 0.05) is 33.3 Å². The molecule has 2 heterocycles. The van der Waals surface area contributed by atoms with Crippen LogP contribution in [-0.4, -0.2) is 61.0 Å². The Morgan fingerprint density at radius 2 is 1.76 bits per heavy atom. The quantitative estimate of drug-likeness (QED) is 0.432. The van der Waals surface area contributed by atoms with E-state index in [4.69, 9.17) is 4.74 Å². The number of amides is 1. The van der Waals surface area contributed by atoms with Crippen molar-refractivity contribution in [2.75, 3.05) is 33.1 Å². The third kappa shape index (κ3) is 4.10. The topological polar surface area (TPSA) is 130 Å². The number of aromatic nitrogens is 3. The first-order valence-corrected chi connectivity index (χ1v) is 11.7. The van der Waals surface area contributed by atoms with E-state index in [1.165, 1.54) is 38.4 Å². The summed E-state index contributed by atoms with van der Waals surface area (Å²) in [4.78, 5) is 22.4. The number of ether oxygens (including phenoxy) is 1. The van der Waals surface area contributed by atoms with Crippen LogP contribution in [0.25, 0.3) is 22.2 Å². The average molecular weight is 479 g/mol. The summed E-state index contributed by atoms with van der Waals surface area (Å²) in [7, 11) is 0.805. The van der Waals surface area contributed by atoms with E-state index in [2.05, 4.69) is 21.4 Å². The van der Waals surface area contributed by atoms with E-state index in [1.807, 2.05) is 18.2 Å². The van der Waals surface area contributed by atoms with Gasteiger partial charge in [0.1, 0.15) is 23.0 Å². The zero-order valence-corrected chi connectivity index (χ0v) is 19.6. The summed E-state index contributed by atoms with van der Waals surface area (Å²) in [6, 6.07) is 15.0. The van der Waals surface area contributed by atoms with Crippen molar-refractivity contribution in [1.29, 1.82) is 5.26 Å². The molecule has 0 unspecified atom stereocenters. The number of hydrogen-bond acceptors (Lipinski definition) is 7. The molecule has 2 aromatic carbocycles. The zero-order chi connectivity index (χ0) is 24.5. The minimum Gasteiger partial charge on any atom is -0.383 e. The normalized spacial score (nSPS) is 11.7. The van der Waals surface area contributed by atoms with Gasteiger partial charge in [-0.2, -0.15) is 5.26 Å². The Morgan fingerprint density at radius 3 is 2.35 bits per heavy atom. The van der Waals surface area contributed by atoms with Crippen LogP contribution in [-0.2, 0) is 21.3 Å². The number of nitriles is 1. The number of benzene rings is 2. The highest BCUT2D eigenvalue weighted by atomic mass is 32.2. The van der Waals surface area contributed by atoms with Crippen LogP contribution in [0.4, 0.5) is 5.82 Å². The van der Waals surface area contributed by atoms with Crippen LogP contribution in [0.3, 0.4) is 0 Å². The first-order valence-electron chi connectivity index (χ1n) is 10.3. The highest BCUT2D eigenvalue weighted by molar-refractivity contribution is 7.89. The number of hydrogen-bond donors (Lipinski definition) is 1. The molecule has 2 aromatic heterocycles. The van der Waals surface area contributed by atoms with E-state index in [9.17, 15) is 18.5 Å². The number of sulfonamides is 1. The lowest BCUT2D eigenvalue weighted by molar-refractivity contribution is 0.102. The fraction of sp³-hybridized carbons (Fsp3) is 0.217. The molecular weight excluding hydrogens is 456 g/mol. The van der Waals surface area contributed by atoms with Crippen LogP contribution >= 0.6 is 0 Å². The molecule has 0 saturated carbocycles. The molecule has 34 heavy (non-hydrogen) atoms. The third-order valence-electron chi connectivity index (χ3n) is 5.31. The van der Waals surface area contributed by atoms with Crippen molar-refractivity contribution in [1.82, 2.24) is 18.8 Å². The van der Waals surface area contributed by atoms with Gasteiger partial charge in [-0.05, 0) is 36.4 Å². The van der Waals surface area contributed by atoms with Crippen molar-refractivity contribution in [3.8, 4) is 6.07 Å². The lowest BCUT2D eigenvalue weighted by Crippen LogP contribution is -2.22. The Morgan fingerprint density at radius 1 is 1.12 bits per heavy atom. The highest BCUT2D eigenvalue weighted by Crippen LogP contribution is 2.29. The van der Waals surface area contributed by atoms with E-state index in [0.29, 0.717) is 35.3 Å². The number of para-hydroxylation sites is 2. The summed E-state index contributed by atoms with van der Waals surface area (Å²) < 4.78 is 32.6. The molecule has 4 aromatic rings. The molecule has 0 aliphatic heterocycles. The standard InChI is InChI=1S/C23H22N6O4S/c1-28(2)34(31,32)16-10-8-15(9-11-16)23(30)27-21-17(14-24)20-22(29(21)12-13-33-3)26-19-7-5-4-6-18(19)25-20/h4-11H,12-13H2,1-3H3,(H,27,30). The Hall–Kier alpha value is -3.85. The van der Waals surface area contributed by atoms with E-state index in [-0.39, 0.29) is 21.8 Å². The molecular formula is C23H22N6O4S. The van der Waals surface area contributed by atoms with Crippen LogP contribution in [0.2, 0.25) is 0 Å². The van der Waals surface area contributed by atoms with Gasteiger partial charge in [-0.25, -0.2) is 22.7 Å². The Balaban J connectivity index is 1.78. The maximum absolute atomic E-state index is 13.0. The van der Waals surface area contributed by atoms with Crippen LogP contribution in [0.15, 0.2) is 53.4 Å². The highest BCUT2D eigenvalue weighted by Gasteiger charge is 2.23. The Kier molecular flexibility index (Phi) is 6.30. The van der Waals surface area contributed by atoms with Crippen LogP contribution in [0.5, 0.6) is 0 Å². The summed E-state index contributed by atoms with van der Waals surface area (Å²) in [5.41, 5.74) is 2.54. The second kappa shape index (κ2) is 9.18. The van der Waals surface area contributed by atoms with E-state index in [1.54, 1.807) is 17.7 Å².